The number of nitrogens with one attached hydrogen (secondary N) is 1. The molecular weight excluding hydrogens is 376 g/mol. The maximum absolute atomic E-state index is 12.4. The molecule has 0 fully saturated rings. The van der Waals surface area contributed by atoms with E-state index in [-0.39, 0.29) is 0 Å². The van der Waals surface area contributed by atoms with Crippen LogP contribution in [-0.2, 0) is 17.6 Å². The van der Waals surface area contributed by atoms with Gasteiger partial charge in [0.25, 0.3) is 5.82 Å². The molecule has 28 heavy (non-hydrogen) atoms. The maximum atomic E-state index is 12.4. The van der Waals surface area contributed by atoms with Crippen LogP contribution in [-0.4, -0.2) is 53.0 Å². The minimum Gasteiger partial charge on any atom is -0.462 e. The van der Waals surface area contributed by atoms with Gasteiger partial charge in [0, 0.05) is 19.0 Å². The molecule has 0 atom stereocenters. The zero-order chi connectivity index (χ0) is 19.7. The van der Waals surface area contributed by atoms with Crippen molar-refractivity contribution in [2.24, 2.45) is 4.99 Å². The number of ether oxygens (including phenoxy) is 1. The van der Waals surface area contributed by atoms with E-state index in [9.17, 15) is 4.79 Å². The van der Waals surface area contributed by atoms with Gasteiger partial charge in [-0.2, -0.15) is 0 Å². The molecule has 0 radical (unpaired) electrons. The molecule has 1 aliphatic rings. The second-order valence-corrected chi connectivity index (χ2v) is 7.95. The predicted octanol–water partition coefficient (Wildman–Crippen LogP) is 2.57. The summed E-state index contributed by atoms with van der Waals surface area (Å²) in [5.74, 6) is 0.759. The van der Waals surface area contributed by atoms with Gasteiger partial charge in [-0.1, -0.05) is 9.98 Å². The SMILES string of the molecule is CCOC(=O)c1c[nH][n+](-c2ncnc3sc4c(c23)CCCC4)c1N=CN(C)C. The summed E-state index contributed by atoms with van der Waals surface area (Å²) in [6.45, 7) is 2.09. The van der Waals surface area contributed by atoms with Crippen LogP contribution in [0.2, 0.25) is 0 Å². The lowest BCUT2D eigenvalue weighted by Crippen LogP contribution is -2.35. The Hall–Kier alpha value is -2.81. The van der Waals surface area contributed by atoms with Gasteiger partial charge in [0.2, 0.25) is 0 Å². The third-order valence-corrected chi connectivity index (χ3v) is 5.84. The number of esters is 1. The Balaban J connectivity index is 1.92. The van der Waals surface area contributed by atoms with Crippen molar-refractivity contribution < 1.29 is 14.2 Å². The van der Waals surface area contributed by atoms with E-state index in [0.29, 0.717) is 23.8 Å². The number of hydrogen-bond donors (Lipinski definition) is 1. The second-order valence-electron chi connectivity index (χ2n) is 6.86. The molecule has 0 amide bonds. The van der Waals surface area contributed by atoms with Gasteiger partial charge in [0.15, 0.2) is 18.2 Å². The van der Waals surface area contributed by atoms with Crippen molar-refractivity contribution in [3.8, 4) is 5.82 Å². The van der Waals surface area contributed by atoms with Crippen LogP contribution in [0.15, 0.2) is 17.5 Å². The van der Waals surface area contributed by atoms with Crippen LogP contribution in [0.25, 0.3) is 16.0 Å². The molecule has 0 unspecified atom stereocenters. The van der Waals surface area contributed by atoms with Crippen molar-refractivity contribution in [2.45, 2.75) is 32.6 Å². The molecule has 0 saturated heterocycles. The quantitative estimate of drug-likeness (QED) is 0.308. The number of nitrogens with zero attached hydrogens (tertiary/aromatic N) is 5. The Morgan fingerprint density at radius 1 is 1.39 bits per heavy atom. The fourth-order valence-electron chi connectivity index (χ4n) is 3.44. The smallest absolute Gasteiger partial charge is 0.346 e. The molecular formula is C19H23N6O2S+. The fourth-order valence-corrected chi connectivity index (χ4v) is 4.66. The van der Waals surface area contributed by atoms with E-state index < -0.39 is 5.97 Å². The van der Waals surface area contributed by atoms with E-state index >= 15 is 0 Å². The van der Waals surface area contributed by atoms with Gasteiger partial charge in [-0.15, -0.1) is 16.0 Å². The first-order valence-corrected chi connectivity index (χ1v) is 10.2. The van der Waals surface area contributed by atoms with Gasteiger partial charge < -0.3 is 9.64 Å². The Labute approximate surface area is 166 Å². The summed E-state index contributed by atoms with van der Waals surface area (Å²) in [5.41, 5.74) is 1.69. The molecule has 0 aromatic carbocycles. The fraction of sp³-hybridized carbons (Fsp3) is 0.421. The summed E-state index contributed by atoms with van der Waals surface area (Å²) in [7, 11) is 3.76. The van der Waals surface area contributed by atoms with E-state index in [2.05, 4.69) is 20.1 Å². The minimum absolute atomic E-state index is 0.302. The first-order valence-electron chi connectivity index (χ1n) is 9.37. The molecule has 0 spiro atoms. The molecule has 4 rings (SSSR count). The third-order valence-electron chi connectivity index (χ3n) is 4.64. The summed E-state index contributed by atoms with van der Waals surface area (Å²) < 4.78 is 6.95. The van der Waals surface area contributed by atoms with Crippen LogP contribution in [0.3, 0.4) is 0 Å². The lowest BCUT2D eigenvalue weighted by molar-refractivity contribution is -0.644. The second kappa shape index (κ2) is 7.67. The Morgan fingerprint density at radius 3 is 3.00 bits per heavy atom. The van der Waals surface area contributed by atoms with Crippen molar-refractivity contribution in [1.29, 1.82) is 0 Å². The van der Waals surface area contributed by atoms with E-state index in [4.69, 9.17) is 4.74 Å². The molecule has 0 saturated carbocycles. The van der Waals surface area contributed by atoms with Crippen LogP contribution < -0.4 is 4.68 Å². The Morgan fingerprint density at radius 2 is 2.21 bits per heavy atom. The largest absolute Gasteiger partial charge is 0.462 e. The number of rotatable bonds is 5. The van der Waals surface area contributed by atoms with E-state index in [1.165, 1.54) is 23.3 Å². The normalized spacial score (nSPS) is 13.8. The molecule has 3 aromatic rings. The number of hydrogen-bond acceptors (Lipinski definition) is 6. The van der Waals surface area contributed by atoms with Gasteiger partial charge in [0.05, 0.1) is 18.2 Å². The van der Waals surface area contributed by atoms with Crippen molar-refractivity contribution >= 4 is 39.7 Å². The molecule has 0 aliphatic heterocycles. The number of carbonyl (C=O) groups is 1. The monoisotopic (exact) mass is 399 g/mol. The number of aliphatic imine (C=N–C) groups is 1. The number of aromatic nitrogens is 4. The van der Waals surface area contributed by atoms with Gasteiger partial charge in [-0.05, 0) is 38.2 Å². The molecule has 146 valence electrons. The van der Waals surface area contributed by atoms with Crippen LogP contribution in [0.5, 0.6) is 0 Å². The van der Waals surface area contributed by atoms with Gasteiger partial charge in [0.1, 0.15) is 4.83 Å². The average Bonchev–Trinajstić information content (AvgIpc) is 3.27. The van der Waals surface area contributed by atoms with Crippen LogP contribution in [0.4, 0.5) is 5.82 Å². The maximum Gasteiger partial charge on any atom is 0.346 e. The third kappa shape index (κ3) is 3.26. The van der Waals surface area contributed by atoms with Crippen LogP contribution >= 0.6 is 11.3 Å². The van der Waals surface area contributed by atoms with Gasteiger partial charge >= 0.3 is 11.8 Å². The summed E-state index contributed by atoms with van der Waals surface area (Å²) in [5, 5.41) is 4.19. The lowest BCUT2D eigenvalue weighted by atomic mass is 9.97. The summed E-state index contributed by atoms with van der Waals surface area (Å²) in [6.07, 6.45) is 9.34. The summed E-state index contributed by atoms with van der Waals surface area (Å²) in [4.78, 5) is 30.2. The van der Waals surface area contributed by atoms with E-state index in [1.54, 1.807) is 41.8 Å². The number of aryl methyl sites for hydroxylation is 2. The highest BCUT2D eigenvalue weighted by Crippen LogP contribution is 2.36. The molecule has 0 bridgehead atoms. The highest BCUT2D eigenvalue weighted by Gasteiger charge is 2.29. The first kappa shape index (κ1) is 18.5. The molecule has 1 N–H and O–H groups in total. The van der Waals surface area contributed by atoms with Crippen LogP contribution in [0, 0.1) is 0 Å². The number of H-pyrrole nitrogens is 1. The van der Waals surface area contributed by atoms with Crippen molar-refractivity contribution in [2.75, 3.05) is 20.7 Å². The van der Waals surface area contributed by atoms with E-state index in [1.807, 2.05) is 19.0 Å². The highest BCUT2D eigenvalue weighted by atomic mass is 32.1. The predicted molar refractivity (Wildman–Crippen MR) is 108 cm³/mol. The minimum atomic E-state index is -0.416. The Kier molecular flexibility index (Phi) is 5.08. The number of fused-ring (bicyclic) bond motifs is 3. The zero-order valence-electron chi connectivity index (χ0n) is 16.2. The van der Waals surface area contributed by atoms with E-state index in [0.717, 1.165) is 23.1 Å². The van der Waals surface area contributed by atoms with Crippen molar-refractivity contribution in [3.63, 3.8) is 0 Å². The average molecular weight is 400 g/mol. The highest BCUT2D eigenvalue weighted by molar-refractivity contribution is 7.18. The summed E-state index contributed by atoms with van der Waals surface area (Å²) in [6, 6.07) is 0. The van der Waals surface area contributed by atoms with Gasteiger partial charge in [-0.3, -0.25) is 0 Å². The zero-order valence-corrected chi connectivity index (χ0v) is 17.0. The molecule has 8 nitrogen and oxygen atoms in total. The first-order chi connectivity index (χ1) is 13.6. The van der Waals surface area contributed by atoms with Crippen molar-refractivity contribution in [1.82, 2.24) is 20.0 Å². The number of carbonyl (C=O) groups excluding carboxylic acids is 1. The van der Waals surface area contributed by atoms with Gasteiger partial charge in [-0.25, -0.2) is 14.9 Å². The number of thiophene rings is 1. The summed E-state index contributed by atoms with van der Waals surface area (Å²) >= 11 is 1.74. The van der Waals surface area contributed by atoms with Crippen LogP contribution in [0.1, 0.15) is 40.6 Å². The molecule has 1 aliphatic carbocycles. The van der Waals surface area contributed by atoms with Crippen molar-refractivity contribution in [3.05, 3.63) is 28.5 Å². The topological polar surface area (TPSA) is 87.3 Å². The Bertz CT molecular complexity index is 1050. The lowest BCUT2D eigenvalue weighted by Gasteiger charge is -2.10. The number of aromatic amines is 1. The molecule has 3 aromatic heterocycles. The molecule has 9 heteroatoms. The molecule has 3 heterocycles. The standard InChI is InChI=1S/C19H22N6O2S/c1-4-27-19(26)13-9-23-25(16(13)22-11-24(2)3)17-15-12-7-5-6-8-14(12)28-18(15)21-10-20-17/h9-11H,4-8H2,1-3H3/p+1.